The number of aldehydes is 1. The zero-order chi connectivity index (χ0) is 11.5. The maximum absolute atomic E-state index is 13.2. The van der Waals surface area contributed by atoms with E-state index in [1.54, 1.807) is 12.3 Å². The normalized spacial score (nSPS) is 10.1. The molecule has 5 heteroatoms. The summed E-state index contributed by atoms with van der Waals surface area (Å²) in [5.74, 6) is 0.0889. The van der Waals surface area contributed by atoms with Gasteiger partial charge in [0.1, 0.15) is 12.1 Å². The Hall–Kier alpha value is -2.17. The molecule has 1 aromatic carbocycles. The number of hydrogen-bond acceptors (Lipinski definition) is 3. The molecule has 0 saturated carbocycles. The molecule has 1 aromatic heterocycles. The van der Waals surface area contributed by atoms with Gasteiger partial charge in [-0.1, -0.05) is 0 Å². The van der Waals surface area contributed by atoms with Gasteiger partial charge in [0.25, 0.3) is 0 Å². The summed E-state index contributed by atoms with van der Waals surface area (Å²) in [5.41, 5.74) is 0.745. The quantitative estimate of drug-likeness (QED) is 0.741. The maximum Gasteiger partial charge on any atom is 0.157 e. The van der Waals surface area contributed by atoms with E-state index in [4.69, 9.17) is 4.74 Å². The fourth-order valence-electron chi connectivity index (χ4n) is 1.35. The van der Waals surface area contributed by atoms with Gasteiger partial charge in [-0.3, -0.25) is 4.79 Å². The first-order chi connectivity index (χ1) is 7.72. The van der Waals surface area contributed by atoms with Gasteiger partial charge in [-0.2, -0.15) is 5.10 Å². The SMILES string of the molecule is COc1cnn(-c2cc(F)cc(C=O)c2)c1. The second-order valence-electron chi connectivity index (χ2n) is 3.19. The Kier molecular flexibility index (Phi) is 2.68. The van der Waals surface area contributed by atoms with E-state index in [9.17, 15) is 9.18 Å². The Labute approximate surface area is 91.3 Å². The Morgan fingerprint density at radius 3 is 2.88 bits per heavy atom. The number of nitrogens with zero attached hydrogens (tertiary/aromatic N) is 2. The molecule has 4 nitrogen and oxygen atoms in total. The number of rotatable bonds is 3. The van der Waals surface area contributed by atoms with Crippen LogP contribution in [0.2, 0.25) is 0 Å². The summed E-state index contributed by atoms with van der Waals surface area (Å²) >= 11 is 0. The van der Waals surface area contributed by atoms with Crippen molar-refractivity contribution in [3.63, 3.8) is 0 Å². The van der Waals surface area contributed by atoms with Crippen LogP contribution in [0, 0.1) is 5.82 Å². The smallest absolute Gasteiger partial charge is 0.157 e. The van der Waals surface area contributed by atoms with Crippen LogP contribution in [0.15, 0.2) is 30.6 Å². The largest absolute Gasteiger partial charge is 0.493 e. The molecule has 0 amide bonds. The molecule has 0 saturated heterocycles. The average Bonchev–Trinajstić information content (AvgIpc) is 2.76. The van der Waals surface area contributed by atoms with Gasteiger partial charge in [0.15, 0.2) is 5.75 Å². The molecule has 1 heterocycles. The minimum atomic E-state index is -0.478. The van der Waals surface area contributed by atoms with Gasteiger partial charge in [0.2, 0.25) is 0 Å². The fourth-order valence-corrected chi connectivity index (χ4v) is 1.35. The van der Waals surface area contributed by atoms with Crippen LogP contribution in [0.5, 0.6) is 5.75 Å². The predicted octanol–water partition coefficient (Wildman–Crippen LogP) is 1.83. The van der Waals surface area contributed by atoms with Gasteiger partial charge in [0, 0.05) is 5.56 Å². The minimum Gasteiger partial charge on any atom is -0.493 e. The summed E-state index contributed by atoms with van der Waals surface area (Å²) in [7, 11) is 1.52. The van der Waals surface area contributed by atoms with E-state index in [0.29, 0.717) is 17.7 Å². The Balaban J connectivity index is 2.46. The second kappa shape index (κ2) is 4.14. The number of hydrogen-bond donors (Lipinski definition) is 0. The van der Waals surface area contributed by atoms with Crippen molar-refractivity contribution >= 4 is 6.29 Å². The summed E-state index contributed by atoms with van der Waals surface area (Å²) in [4.78, 5) is 10.6. The van der Waals surface area contributed by atoms with Crippen molar-refractivity contribution in [1.29, 1.82) is 0 Å². The van der Waals surface area contributed by atoms with Crippen molar-refractivity contribution in [1.82, 2.24) is 9.78 Å². The third-order valence-corrected chi connectivity index (χ3v) is 2.10. The summed E-state index contributed by atoms with van der Waals surface area (Å²) in [6.07, 6.45) is 3.70. The van der Waals surface area contributed by atoms with E-state index in [1.165, 1.54) is 24.1 Å². The van der Waals surface area contributed by atoms with Gasteiger partial charge in [-0.05, 0) is 18.2 Å². The first-order valence-electron chi connectivity index (χ1n) is 4.58. The van der Waals surface area contributed by atoms with Gasteiger partial charge in [0.05, 0.1) is 25.2 Å². The van der Waals surface area contributed by atoms with Crippen LogP contribution >= 0.6 is 0 Å². The molecule has 0 atom stereocenters. The van der Waals surface area contributed by atoms with Gasteiger partial charge in [-0.25, -0.2) is 9.07 Å². The molecule has 0 fully saturated rings. The molecule has 0 aliphatic heterocycles. The van der Waals surface area contributed by atoms with Crippen molar-refractivity contribution in [2.75, 3.05) is 7.11 Å². The van der Waals surface area contributed by atoms with E-state index in [-0.39, 0.29) is 5.56 Å². The first kappa shape index (κ1) is 10.4. The lowest BCUT2D eigenvalue weighted by Crippen LogP contribution is -1.96. The summed E-state index contributed by atoms with van der Waals surface area (Å²) in [6.45, 7) is 0. The van der Waals surface area contributed by atoms with Gasteiger partial charge in [-0.15, -0.1) is 0 Å². The number of benzene rings is 1. The van der Waals surface area contributed by atoms with Crippen LogP contribution in [0.3, 0.4) is 0 Å². The average molecular weight is 220 g/mol. The summed E-state index contributed by atoms with van der Waals surface area (Å²) in [6, 6.07) is 4.00. The molecule has 0 aliphatic carbocycles. The van der Waals surface area contributed by atoms with Crippen LogP contribution in [-0.4, -0.2) is 23.2 Å². The Morgan fingerprint density at radius 1 is 1.44 bits per heavy atom. The molecular weight excluding hydrogens is 211 g/mol. The molecule has 0 bridgehead atoms. The molecule has 0 aliphatic rings. The van der Waals surface area contributed by atoms with Crippen LogP contribution < -0.4 is 4.74 Å². The second-order valence-corrected chi connectivity index (χ2v) is 3.19. The van der Waals surface area contributed by atoms with Crippen molar-refractivity contribution in [2.45, 2.75) is 0 Å². The van der Waals surface area contributed by atoms with Crippen LogP contribution in [0.25, 0.3) is 5.69 Å². The number of carbonyl (C=O) groups excluding carboxylic acids is 1. The van der Waals surface area contributed by atoms with Gasteiger partial charge < -0.3 is 4.74 Å². The predicted molar refractivity (Wildman–Crippen MR) is 55.5 cm³/mol. The van der Waals surface area contributed by atoms with E-state index in [0.717, 1.165) is 6.07 Å². The van der Waals surface area contributed by atoms with Crippen LogP contribution in [0.4, 0.5) is 4.39 Å². The summed E-state index contributed by atoms with van der Waals surface area (Å²) < 4.78 is 19.6. The number of aromatic nitrogens is 2. The third-order valence-electron chi connectivity index (χ3n) is 2.10. The lowest BCUT2D eigenvalue weighted by molar-refractivity contribution is 0.112. The molecule has 0 unspecified atom stereocenters. The lowest BCUT2D eigenvalue weighted by atomic mass is 10.2. The standard InChI is InChI=1S/C11H9FN2O2/c1-16-11-5-13-14(6-11)10-3-8(7-15)2-9(12)4-10/h2-7H,1H3. The third kappa shape index (κ3) is 1.93. The van der Waals surface area contributed by atoms with E-state index in [2.05, 4.69) is 5.10 Å². The number of methoxy groups -OCH3 is 1. The highest BCUT2D eigenvalue weighted by molar-refractivity contribution is 5.75. The molecule has 16 heavy (non-hydrogen) atoms. The molecule has 2 rings (SSSR count). The minimum absolute atomic E-state index is 0.268. The highest BCUT2D eigenvalue weighted by atomic mass is 19.1. The van der Waals surface area contributed by atoms with Crippen LogP contribution in [-0.2, 0) is 0 Å². The van der Waals surface area contributed by atoms with Crippen molar-refractivity contribution in [3.05, 3.63) is 42.0 Å². The lowest BCUT2D eigenvalue weighted by Gasteiger charge is -2.02. The molecule has 2 aromatic rings. The topological polar surface area (TPSA) is 44.1 Å². The molecule has 0 N–H and O–H groups in total. The van der Waals surface area contributed by atoms with E-state index < -0.39 is 5.82 Å². The van der Waals surface area contributed by atoms with Crippen LogP contribution in [0.1, 0.15) is 10.4 Å². The number of carbonyl (C=O) groups is 1. The number of halogens is 1. The van der Waals surface area contributed by atoms with Crippen molar-refractivity contribution in [3.8, 4) is 11.4 Å². The molecule has 0 spiro atoms. The zero-order valence-corrected chi connectivity index (χ0v) is 8.55. The maximum atomic E-state index is 13.2. The summed E-state index contributed by atoms with van der Waals surface area (Å²) in [5, 5.41) is 3.98. The molecule has 82 valence electrons. The Morgan fingerprint density at radius 2 is 2.25 bits per heavy atom. The van der Waals surface area contributed by atoms with Gasteiger partial charge >= 0.3 is 0 Å². The highest BCUT2D eigenvalue weighted by Crippen LogP contribution is 2.15. The zero-order valence-electron chi connectivity index (χ0n) is 8.55. The van der Waals surface area contributed by atoms with Crippen molar-refractivity contribution < 1.29 is 13.9 Å². The van der Waals surface area contributed by atoms with E-state index >= 15 is 0 Å². The fraction of sp³-hybridized carbons (Fsp3) is 0.0909. The monoisotopic (exact) mass is 220 g/mol. The Bertz CT molecular complexity index is 522. The number of ether oxygens (including phenoxy) is 1. The first-order valence-corrected chi connectivity index (χ1v) is 4.58. The van der Waals surface area contributed by atoms with E-state index in [1.807, 2.05) is 0 Å². The highest BCUT2D eigenvalue weighted by Gasteiger charge is 2.04. The molecule has 0 radical (unpaired) electrons. The van der Waals surface area contributed by atoms with Crippen molar-refractivity contribution in [2.24, 2.45) is 0 Å². The molecular formula is C11H9FN2O2.